The van der Waals surface area contributed by atoms with E-state index in [4.69, 9.17) is 0 Å². The molecule has 0 aliphatic carbocycles. The zero-order chi connectivity index (χ0) is 4.99. The molecule has 0 aromatic rings. The van der Waals surface area contributed by atoms with E-state index in [1.54, 1.807) is 0 Å². The van der Waals surface area contributed by atoms with Crippen molar-refractivity contribution < 1.29 is 2.85 Å². The maximum absolute atomic E-state index is 2.81. The maximum atomic E-state index is 2.81. The topological polar surface area (TPSA) is 0 Å². The van der Waals surface area contributed by atoms with Crippen molar-refractivity contribution in [2.45, 2.75) is 31.5 Å². The SMILES string of the molecule is CC[CH]([Al+2])CC.[H-].[H-]. The van der Waals surface area contributed by atoms with Gasteiger partial charge in [0.25, 0.3) is 0 Å². The zero-order valence-electron chi connectivity index (χ0n) is 6.57. The molecule has 36 valence electrons. The Bertz CT molecular complexity index is 29.6. The molecule has 0 amide bonds. The first kappa shape index (κ1) is 6.53. The Kier molecular flexibility index (Phi) is 4.04. The Morgan fingerprint density at radius 2 is 1.83 bits per heavy atom. The van der Waals surface area contributed by atoms with Gasteiger partial charge < -0.3 is 2.85 Å². The van der Waals surface area contributed by atoms with E-state index in [0.717, 1.165) is 4.78 Å². The molecule has 0 atom stereocenters. The first-order chi connectivity index (χ1) is 2.81. The van der Waals surface area contributed by atoms with Gasteiger partial charge in [0, 0.05) is 0 Å². The normalized spacial score (nSPS) is 10.2. The summed E-state index contributed by atoms with van der Waals surface area (Å²) in [5.74, 6) is 0. The molecular weight excluding hydrogens is 87.0 g/mol. The van der Waals surface area contributed by atoms with E-state index in [0.29, 0.717) is 0 Å². The molecule has 0 radical (unpaired) electrons. The summed E-state index contributed by atoms with van der Waals surface area (Å²) >= 11 is 2.81. The predicted molar refractivity (Wildman–Crippen MR) is 32.3 cm³/mol. The summed E-state index contributed by atoms with van der Waals surface area (Å²) in [6.07, 6.45) is 2.59. The van der Waals surface area contributed by atoms with Crippen molar-refractivity contribution in [3.8, 4) is 0 Å². The summed E-state index contributed by atoms with van der Waals surface area (Å²) in [5, 5.41) is 0. The fraction of sp³-hybridized carbons (Fsp3) is 1.00. The molecule has 1 heteroatoms. The van der Waals surface area contributed by atoms with Gasteiger partial charge in [-0.3, -0.25) is 0 Å². The Balaban J connectivity index is -0.000000125. The quantitative estimate of drug-likeness (QED) is 0.465. The largest absolute Gasteiger partial charge is 1.00 e. The molecule has 0 rings (SSSR count). The molecule has 0 aliphatic heterocycles. The van der Waals surface area contributed by atoms with Gasteiger partial charge in [-0.05, 0) is 0 Å². The molecular formula is C5H13Al. The van der Waals surface area contributed by atoms with Crippen LogP contribution in [0, 0.1) is 0 Å². The average Bonchev–Trinajstić information content (AvgIpc) is 1.65. The predicted octanol–water partition coefficient (Wildman–Crippen LogP) is 1.99. The monoisotopic (exact) mass is 100 g/mol. The van der Waals surface area contributed by atoms with Gasteiger partial charge in [-0.1, -0.05) is 0 Å². The van der Waals surface area contributed by atoms with Gasteiger partial charge >= 0.3 is 47.8 Å². The van der Waals surface area contributed by atoms with E-state index in [9.17, 15) is 0 Å². The molecule has 0 aromatic heterocycles. The number of hydrogen-bond donors (Lipinski definition) is 0. The Morgan fingerprint density at radius 1 is 1.50 bits per heavy atom. The van der Waals surface area contributed by atoms with Crippen molar-refractivity contribution in [3.05, 3.63) is 0 Å². The van der Waals surface area contributed by atoms with Gasteiger partial charge in [0.15, 0.2) is 0 Å². The van der Waals surface area contributed by atoms with Crippen LogP contribution in [0.2, 0.25) is 4.78 Å². The van der Waals surface area contributed by atoms with Crippen LogP contribution >= 0.6 is 0 Å². The van der Waals surface area contributed by atoms with Crippen LogP contribution in [-0.4, -0.2) is 16.3 Å². The Labute approximate surface area is 51.3 Å². The van der Waals surface area contributed by atoms with E-state index in [-0.39, 0.29) is 2.85 Å². The maximum Gasteiger partial charge on any atom is -1.00 e. The van der Waals surface area contributed by atoms with Crippen LogP contribution in [0.5, 0.6) is 0 Å². The molecule has 0 unspecified atom stereocenters. The second-order valence-electron chi connectivity index (χ2n) is 1.58. The van der Waals surface area contributed by atoms with Gasteiger partial charge in [0.05, 0.1) is 0 Å². The summed E-state index contributed by atoms with van der Waals surface area (Å²) in [6, 6.07) is 0. The summed E-state index contributed by atoms with van der Waals surface area (Å²) in [5.41, 5.74) is 0. The van der Waals surface area contributed by atoms with Crippen molar-refractivity contribution in [3.63, 3.8) is 0 Å². The van der Waals surface area contributed by atoms with Crippen molar-refractivity contribution in [1.29, 1.82) is 0 Å². The molecule has 6 heavy (non-hydrogen) atoms. The second kappa shape index (κ2) is 3.71. The minimum atomic E-state index is 0. The van der Waals surface area contributed by atoms with E-state index < -0.39 is 0 Å². The van der Waals surface area contributed by atoms with Gasteiger partial charge in [-0.2, -0.15) is 0 Å². The van der Waals surface area contributed by atoms with Crippen LogP contribution in [0.4, 0.5) is 0 Å². The fourth-order valence-corrected chi connectivity index (χ4v) is 0.289. The van der Waals surface area contributed by atoms with Crippen molar-refractivity contribution in [2.24, 2.45) is 0 Å². The minimum absolute atomic E-state index is 0. The molecule has 0 nitrogen and oxygen atoms in total. The molecule has 0 N–H and O–H groups in total. The van der Waals surface area contributed by atoms with E-state index >= 15 is 0 Å². The smallest absolute Gasteiger partial charge is 1.00 e. The molecule has 0 aromatic carbocycles. The van der Waals surface area contributed by atoms with Crippen molar-refractivity contribution in [2.75, 3.05) is 0 Å². The molecule has 0 saturated carbocycles. The minimum Gasteiger partial charge on any atom is -1.00 e. The third kappa shape index (κ3) is 2.75. The number of hydrogen-bond acceptors (Lipinski definition) is 0. The summed E-state index contributed by atoms with van der Waals surface area (Å²) in [7, 11) is 0. The van der Waals surface area contributed by atoms with Crippen LogP contribution in [0.1, 0.15) is 29.5 Å². The average molecular weight is 100 g/mol. The van der Waals surface area contributed by atoms with Crippen molar-refractivity contribution >= 4 is 16.3 Å². The Morgan fingerprint density at radius 3 is 1.83 bits per heavy atom. The third-order valence-corrected chi connectivity index (χ3v) is 1.99. The Hall–Kier alpha value is 0.532. The molecule has 0 fully saturated rings. The number of rotatable bonds is 2. The summed E-state index contributed by atoms with van der Waals surface area (Å²) < 4.78 is 0.852. The molecule has 0 bridgehead atoms. The standard InChI is InChI=1S/C5H11.Al.2H/c1-3-5-4-2;;;/h5H,3-4H2,1-2H3;;;/q;+2;2*-1. The van der Waals surface area contributed by atoms with Crippen LogP contribution in [0.3, 0.4) is 0 Å². The third-order valence-electron chi connectivity index (χ3n) is 1.05. The van der Waals surface area contributed by atoms with E-state index in [2.05, 4.69) is 30.1 Å². The molecule has 0 aliphatic rings. The van der Waals surface area contributed by atoms with E-state index in [1.807, 2.05) is 0 Å². The van der Waals surface area contributed by atoms with Crippen LogP contribution in [0.25, 0.3) is 0 Å². The molecule has 0 spiro atoms. The summed E-state index contributed by atoms with van der Waals surface area (Å²) in [6.45, 7) is 4.42. The first-order valence-corrected chi connectivity index (χ1v) is 3.23. The van der Waals surface area contributed by atoms with E-state index in [1.165, 1.54) is 12.8 Å². The van der Waals surface area contributed by atoms with Gasteiger partial charge in [0.1, 0.15) is 0 Å². The van der Waals surface area contributed by atoms with Gasteiger partial charge in [0.2, 0.25) is 0 Å². The molecule has 0 saturated heterocycles. The fourth-order valence-electron chi connectivity index (χ4n) is 0.289. The first-order valence-electron chi connectivity index (χ1n) is 2.56. The van der Waals surface area contributed by atoms with Gasteiger partial charge in [-0.25, -0.2) is 0 Å². The van der Waals surface area contributed by atoms with Crippen LogP contribution in [0.15, 0.2) is 0 Å². The van der Waals surface area contributed by atoms with Crippen LogP contribution in [-0.2, 0) is 0 Å². The zero-order valence-corrected chi connectivity index (χ0v) is 5.72. The van der Waals surface area contributed by atoms with Crippen molar-refractivity contribution in [1.82, 2.24) is 0 Å². The van der Waals surface area contributed by atoms with Gasteiger partial charge in [-0.15, -0.1) is 0 Å². The summed E-state index contributed by atoms with van der Waals surface area (Å²) in [4.78, 5) is 0. The molecule has 0 heterocycles. The van der Waals surface area contributed by atoms with Crippen LogP contribution < -0.4 is 0 Å². The second-order valence-corrected chi connectivity index (χ2v) is 2.52.